The molecule has 2 rings (SSSR count). The lowest BCUT2D eigenvalue weighted by molar-refractivity contribution is 1.37. The van der Waals surface area contributed by atoms with Crippen molar-refractivity contribution in [2.75, 3.05) is 0 Å². The van der Waals surface area contributed by atoms with Crippen LogP contribution in [0.3, 0.4) is 0 Å². The van der Waals surface area contributed by atoms with Gasteiger partial charge in [0, 0.05) is 0 Å². The Labute approximate surface area is 139 Å². The van der Waals surface area contributed by atoms with Gasteiger partial charge < -0.3 is 0 Å². The summed E-state index contributed by atoms with van der Waals surface area (Å²) in [7, 11) is 0. The summed E-state index contributed by atoms with van der Waals surface area (Å²) >= 11 is 0. The van der Waals surface area contributed by atoms with E-state index in [0.29, 0.717) is 0 Å². The lowest BCUT2D eigenvalue weighted by Crippen LogP contribution is -1.91. The minimum Gasteiger partial charge on any atom is -0.103 e. The molecule has 0 heteroatoms. The normalized spacial score (nSPS) is 10.3. The van der Waals surface area contributed by atoms with Gasteiger partial charge in [-0.1, -0.05) is 98.1 Å². The Morgan fingerprint density at radius 3 is 2.09 bits per heavy atom. The molecule has 0 bridgehead atoms. The number of hydrogen-bond acceptors (Lipinski definition) is 0. The van der Waals surface area contributed by atoms with E-state index in [0.717, 1.165) is 12.0 Å². The Morgan fingerprint density at radius 1 is 0.783 bits per heavy atom. The van der Waals surface area contributed by atoms with Gasteiger partial charge in [-0.3, -0.25) is 0 Å². The van der Waals surface area contributed by atoms with Crippen LogP contribution in [0.4, 0.5) is 0 Å². The average molecular weight is 298 g/mol. The fourth-order valence-electron chi connectivity index (χ4n) is 2.52. The monoisotopic (exact) mass is 298 g/mol. The second kappa shape index (κ2) is 8.55. The van der Waals surface area contributed by atoms with Gasteiger partial charge in [-0.15, -0.1) is 6.58 Å². The summed E-state index contributed by atoms with van der Waals surface area (Å²) in [6, 6.07) is 18.7. The van der Waals surface area contributed by atoms with E-state index < -0.39 is 0 Å². The highest BCUT2D eigenvalue weighted by Crippen LogP contribution is 2.28. The number of hydrogen-bond donors (Lipinski definition) is 0. The highest BCUT2D eigenvalue weighted by Gasteiger charge is 2.07. The quantitative estimate of drug-likeness (QED) is 0.308. The topological polar surface area (TPSA) is 0 Å². The van der Waals surface area contributed by atoms with Crippen LogP contribution in [0.2, 0.25) is 0 Å². The molecule has 2 aromatic carbocycles. The van der Waals surface area contributed by atoms with Crippen molar-refractivity contribution in [2.45, 2.75) is 6.42 Å². The molecule has 0 aliphatic rings. The van der Waals surface area contributed by atoms with E-state index in [-0.39, 0.29) is 0 Å². The summed E-state index contributed by atoms with van der Waals surface area (Å²) in [5.41, 5.74) is 5.79. The molecule has 0 saturated carbocycles. The average Bonchev–Trinajstić information content (AvgIpc) is 2.61. The van der Waals surface area contributed by atoms with Crippen molar-refractivity contribution < 1.29 is 0 Å². The van der Waals surface area contributed by atoms with Gasteiger partial charge in [0.05, 0.1) is 0 Å². The minimum atomic E-state index is 0.781. The first kappa shape index (κ1) is 16.5. The molecular weight excluding hydrogens is 276 g/mol. The zero-order chi connectivity index (χ0) is 16.5. The van der Waals surface area contributed by atoms with E-state index in [2.05, 4.69) is 68.3 Å². The van der Waals surface area contributed by atoms with Crippen LogP contribution < -0.4 is 0 Å². The summed E-state index contributed by atoms with van der Waals surface area (Å²) in [5.74, 6) is 0. The van der Waals surface area contributed by atoms with Crippen molar-refractivity contribution in [3.05, 3.63) is 115 Å². The zero-order valence-corrected chi connectivity index (χ0v) is 13.4. The second-order valence-corrected chi connectivity index (χ2v) is 5.17. The summed E-state index contributed by atoms with van der Waals surface area (Å²) in [5, 5.41) is 0. The molecule has 0 amide bonds. The van der Waals surface area contributed by atoms with Crippen LogP contribution in [0.15, 0.2) is 98.1 Å². The fraction of sp³-hybridized carbons (Fsp3) is 0.0435. The Bertz CT molecular complexity index is 733. The van der Waals surface area contributed by atoms with Gasteiger partial charge in [0.1, 0.15) is 0 Å². The molecule has 0 saturated heterocycles. The Balaban J connectivity index is 2.49. The van der Waals surface area contributed by atoms with Gasteiger partial charge in [-0.25, -0.2) is 0 Å². The maximum atomic E-state index is 3.90. The first-order valence-corrected chi connectivity index (χ1v) is 7.71. The Hall–Kier alpha value is -2.86. The highest BCUT2D eigenvalue weighted by atomic mass is 14.1. The van der Waals surface area contributed by atoms with Crippen LogP contribution in [0, 0.1) is 0 Å². The molecule has 0 aliphatic heterocycles. The lowest BCUT2D eigenvalue weighted by atomic mass is 9.92. The molecule has 0 aliphatic carbocycles. The third-order valence-electron chi connectivity index (χ3n) is 3.68. The van der Waals surface area contributed by atoms with Gasteiger partial charge in [0.2, 0.25) is 0 Å². The summed E-state index contributed by atoms with van der Waals surface area (Å²) < 4.78 is 0. The molecular formula is C23H22. The van der Waals surface area contributed by atoms with Gasteiger partial charge >= 0.3 is 0 Å². The molecule has 0 aromatic heterocycles. The van der Waals surface area contributed by atoms with Crippen LogP contribution in [0.5, 0.6) is 0 Å². The molecule has 0 spiro atoms. The van der Waals surface area contributed by atoms with Crippen molar-refractivity contribution in [3.8, 4) is 0 Å². The zero-order valence-electron chi connectivity index (χ0n) is 13.4. The third kappa shape index (κ3) is 4.31. The predicted molar refractivity (Wildman–Crippen MR) is 104 cm³/mol. The smallest absolute Gasteiger partial charge is 0.00880 e. The van der Waals surface area contributed by atoms with Gasteiger partial charge in [0.25, 0.3) is 0 Å². The lowest BCUT2D eigenvalue weighted by Gasteiger charge is -2.12. The Kier molecular flexibility index (Phi) is 6.14. The molecule has 114 valence electrons. The van der Waals surface area contributed by atoms with E-state index in [1.165, 1.54) is 22.3 Å². The molecule has 0 N–H and O–H groups in total. The van der Waals surface area contributed by atoms with Crippen LogP contribution in [-0.4, -0.2) is 0 Å². The van der Waals surface area contributed by atoms with Crippen LogP contribution in [-0.2, 0) is 0 Å². The Morgan fingerprint density at radius 2 is 1.43 bits per heavy atom. The first-order valence-electron chi connectivity index (χ1n) is 7.71. The van der Waals surface area contributed by atoms with Crippen molar-refractivity contribution in [3.63, 3.8) is 0 Å². The maximum Gasteiger partial charge on any atom is -0.00880 e. The van der Waals surface area contributed by atoms with E-state index in [1.807, 2.05) is 36.4 Å². The largest absolute Gasteiger partial charge is 0.103 e. The highest BCUT2D eigenvalue weighted by molar-refractivity contribution is 5.82. The van der Waals surface area contributed by atoms with E-state index in [9.17, 15) is 0 Å². The van der Waals surface area contributed by atoms with E-state index in [1.54, 1.807) is 0 Å². The molecule has 0 fully saturated rings. The van der Waals surface area contributed by atoms with Crippen LogP contribution in [0.25, 0.3) is 17.7 Å². The van der Waals surface area contributed by atoms with Crippen LogP contribution >= 0.6 is 0 Å². The molecule has 2 aromatic rings. The standard InChI is InChI=1S/C23H22/c1-4-12-22(20(5-2)6-3)23-16-11-10-15-21(23)18-17-19-13-8-7-9-14-19/h4-11,13-18H,1-3,12H2. The summed E-state index contributed by atoms with van der Waals surface area (Å²) in [6.07, 6.45) is 10.7. The fourth-order valence-corrected chi connectivity index (χ4v) is 2.52. The van der Waals surface area contributed by atoms with Crippen molar-refractivity contribution in [1.29, 1.82) is 0 Å². The summed E-state index contributed by atoms with van der Waals surface area (Å²) in [4.78, 5) is 0. The molecule has 0 nitrogen and oxygen atoms in total. The van der Waals surface area contributed by atoms with Crippen LogP contribution in [0.1, 0.15) is 23.1 Å². The van der Waals surface area contributed by atoms with Gasteiger partial charge in [-0.05, 0) is 34.3 Å². The van der Waals surface area contributed by atoms with Crippen molar-refractivity contribution in [1.82, 2.24) is 0 Å². The molecule has 0 unspecified atom stereocenters. The maximum absolute atomic E-state index is 3.90. The van der Waals surface area contributed by atoms with Gasteiger partial charge in [-0.2, -0.15) is 0 Å². The first-order chi connectivity index (χ1) is 11.3. The van der Waals surface area contributed by atoms with Crippen molar-refractivity contribution >= 4 is 17.7 Å². The molecule has 0 radical (unpaired) electrons. The van der Waals surface area contributed by atoms with Crippen molar-refractivity contribution in [2.24, 2.45) is 0 Å². The molecule has 0 atom stereocenters. The van der Waals surface area contributed by atoms with Gasteiger partial charge in [0.15, 0.2) is 0 Å². The van der Waals surface area contributed by atoms with E-state index in [4.69, 9.17) is 0 Å². The number of allylic oxidation sites excluding steroid dienone is 5. The second-order valence-electron chi connectivity index (χ2n) is 5.17. The third-order valence-corrected chi connectivity index (χ3v) is 3.68. The minimum absolute atomic E-state index is 0.781. The summed E-state index contributed by atoms with van der Waals surface area (Å²) in [6.45, 7) is 11.7. The molecule has 0 heterocycles. The SMILES string of the molecule is C=CCC(=C(C=C)C=C)c1ccccc1C=Cc1ccccc1. The molecule has 23 heavy (non-hydrogen) atoms. The number of rotatable bonds is 7. The van der Waals surface area contributed by atoms with E-state index >= 15 is 0 Å². The predicted octanol–water partition coefficient (Wildman–Crippen LogP) is 6.56. The number of benzene rings is 2.